The highest BCUT2D eigenvalue weighted by atomic mass is 16.5. The molecule has 24 heavy (non-hydrogen) atoms. The molecule has 0 spiro atoms. The monoisotopic (exact) mass is 345 g/mol. The molecule has 0 atom stereocenters. The van der Waals surface area contributed by atoms with Crippen LogP contribution in [0, 0.1) is 5.92 Å². The van der Waals surface area contributed by atoms with Gasteiger partial charge in [-0.1, -0.05) is 40.0 Å². The van der Waals surface area contributed by atoms with E-state index in [0.717, 1.165) is 44.6 Å². The number of nitrogens with one attached hydrogen (secondary N) is 1. The van der Waals surface area contributed by atoms with Crippen LogP contribution in [0.15, 0.2) is 0 Å². The Morgan fingerprint density at radius 1 is 0.833 bits per heavy atom. The topological polar surface area (TPSA) is 56.8 Å². The van der Waals surface area contributed by atoms with Gasteiger partial charge in [0, 0.05) is 26.2 Å². The highest BCUT2D eigenvalue weighted by Crippen LogP contribution is 2.07. The molecule has 0 saturated carbocycles. The van der Waals surface area contributed by atoms with E-state index >= 15 is 0 Å². The van der Waals surface area contributed by atoms with Gasteiger partial charge in [-0.2, -0.15) is 0 Å². The van der Waals surface area contributed by atoms with Crippen LogP contribution in [0.5, 0.6) is 0 Å². The summed E-state index contributed by atoms with van der Waals surface area (Å²) in [6.45, 7) is 11.2. The Hall–Kier alpha value is -0.650. The van der Waals surface area contributed by atoms with Crippen LogP contribution in [0.2, 0.25) is 0 Å². The number of hydrogen-bond acceptors (Lipinski definition) is 4. The number of ether oxygens (including phenoxy) is 3. The van der Waals surface area contributed by atoms with Crippen molar-refractivity contribution >= 4 is 5.91 Å². The summed E-state index contributed by atoms with van der Waals surface area (Å²) in [5.74, 6) is 0.882. The molecule has 1 amide bonds. The maximum absolute atomic E-state index is 11.6. The standard InChI is InChI=1S/C19H39NO4/c1-4-5-12-22-14-16-24-17-15-23-13-8-11-20-19(21)10-7-6-9-18(2)3/h18H,4-17H2,1-3H3,(H,20,21). The van der Waals surface area contributed by atoms with Crippen LogP contribution in [0.1, 0.15) is 65.7 Å². The van der Waals surface area contributed by atoms with Crippen molar-refractivity contribution in [1.29, 1.82) is 0 Å². The smallest absolute Gasteiger partial charge is 0.219 e. The predicted molar refractivity (Wildman–Crippen MR) is 98.3 cm³/mol. The summed E-state index contributed by atoms with van der Waals surface area (Å²) in [5, 5.41) is 2.94. The van der Waals surface area contributed by atoms with Crippen molar-refractivity contribution in [3.05, 3.63) is 0 Å². The minimum absolute atomic E-state index is 0.158. The molecule has 144 valence electrons. The van der Waals surface area contributed by atoms with E-state index in [2.05, 4.69) is 26.1 Å². The van der Waals surface area contributed by atoms with E-state index in [0.29, 0.717) is 46.0 Å². The first-order chi connectivity index (χ1) is 11.7. The molecule has 0 aromatic heterocycles. The molecule has 0 unspecified atom stereocenters. The zero-order valence-electron chi connectivity index (χ0n) is 16.1. The fourth-order valence-electron chi connectivity index (χ4n) is 2.12. The largest absolute Gasteiger partial charge is 0.379 e. The molecular weight excluding hydrogens is 306 g/mol. The highest BCUT2D eigenvalue weighted by Gasteiger charge is 2.01. The van der Waals surface area contributed by atoms with Crippen molar-refractivity contribution in [1.82, 2.24) is 5.32 Å². The van der Waals surface area contributed by atoms with Crippen molar-refractivity contribution in [2.45, 2.75) is 65.7 Å². The van der Waals surface area contributed by atoms with Gasteiger partial charge in [0.15, 0.2) is 0 Å². The summed E-state index contributed by atoms with van der Waals surface area (Å²) < 4.78 is 16.3. The quantitative estimate of drug-likeness (QED) is 0.386. The van der Waals surface area contributed by atoms with Crippen molar-refractivity contribution < 1.29 is 19.0 Å². The Kier molecular flexibility index (Phi) is 18.2. The molecule has 0 aliphatic heterocycles. The van der Waals surface area contributed by atoms with E-state index in [-0.39, 0.29) is 5.91 Å². The lowest BCUT2D eigenvalue weighted by molar-refractivity contribution is -0.121. The second kappa shape index (κ2) is 18.7. The van der Waals surface area contributed by atoms with Crippen molar-refractivity contribution in [2.24, 2.45) is 5.92 Å². The number of amides is 1. The van der Waals surface area contributed by atoms with Crippen molar-refractivity contribution in [3.63, 3.8) is 0 Å². The number of unbranched alkanes of at least 4 members (excludes halogenated alkanes) is 2. The van der Waals surface area contributed by atoms with E-state index in [9.17, 15) is 4.79 Å². The molecule has 0 bridgehead atoms. The van der Waals surface area contributed by atoms with Gasteiger partial charge in [-0.05, 0) is 25.2 Å². The molecule has 0 fully saturated rings. The van der Waals surface area contributed by atoms with E-state index in [1.165, 1.54) is 6.42 Å². The fraction of sp³-hybridized carbons (Fsp3) is 0.947. The van der Waals surface area contributed by atoms with Crippen LogP contribution in [0.25, 0.3) is 0 Å². The minimum atomic E-state index is 0.158. The normalized spacial score (nSPS) is 11.2. The Morgan fingerprint density at radius 3 is 2.00 bits per heavy atom. The highest BCUT2D eigenvalue weighted by molar-refractivity contribution is 5.75. The molecule has 0 aromatic rings. The van der Waals surface area contributed by atoms with Crippen LogP contribution in [-0.2, 0) is 19.0 Å². The molecule has 0 aromatic carbocycles. The van der Waals surface area contributed by atoms with Crippen molar-refractivity contribution in [3.8, 4) is 0 Å². The molecule has 0 aliphatic rings. The summed E-state index contributed by atoms with van der Waals surface area (Å²) in [4.78, 5) is 11.6. The maximum atomic E-state index is 11.6. The summed E-state index contributed by atoms with van der Waals surface area (Å²) >= 11 is 0. The zero-order valence-corrected chi connectivity index (χ0v) is 16.1. The third-order valence-electron chi connectivity index (χ3n) is 3.61. The summed E-state index contributed by atoms with van der Waals surface area (Å²) in [6, 6.07) is 0. The van der Waals surface area contributed by atoms with Crippen LogP contribution in [-0.4, -0.2) is 52.1 Å². The van der Waals surface area contributed by atoms with Gasteiger partial charge in [0.2, 0.25) is 5.91 Å². The SMILES string of the molecule is CCCCOCCOCCOCCCNC(=O)CCCCC(C)C. The third kappa shape index (κ3) is 19.4. The second-order valence-corrected chi connectivity index (χ2v) is 6.53. The van der Waals surface area contributed by atoms with Crippen molar-refractivity contribution in [2.75, 3.05) is 46.2 Å². The molecule has 5 heteroatoms. The Morgan fingerprint density at radius 2 is 1.42 bits per heavy atom. The van der Waals surface area contributed by atoms with Gasteiger partial charge in [-0.3, -0.25) is 4.79 Å². The number of hydrogen-bond donors (Lipinski definition) is 1. The zero-order chi connectivity index (χ0) is 17.9. The molecule has 0 heterocycles. The third-order valence-corrected chi connectivity index (χ3v) is 3.61. The Bertz CT molecular complexity index is 272. The molecular formula is C19H39NO4. The van der Waals surface area contributed by atoms with Gasteiger partial charge < -0.3 is 19.5 Å². The fourth-order valence-corrected chi connectivity index (χ4v) is 2.12. The number of rotatable bonds is 18. The van der Waals surface area contributed by atoms with Crippen LogP contribution in [0.4, 0.5) is 0 Å². The maximum Gasteiger partial charge on any atom is 0.219 e. The molecule has 0 saturated heterocycles. The molecule has 0 rings (SSSR count). The van der Waals surface area contributed by atoms with E-state index in [1.807, 2.05) is 0 Å². The lowest BCUT2D eigenvalue weighted by Crippen LogP contribution is -2.25. The van der Waals surface area contributed by atoms with E-state index < -0.39 is 0 Å². The van der Waals surface area contributed by atoms with Gasteiger partial charge in [0.05, 0.1) is 26.4 Å². The second-order valence-electron chi connectivity index (χ2n) is 6.53. The lowest BCUT2D eigenvalue weighted by atomic mass is 10.1. The number of carbonyl (C=O) groups excluding carboxylic acids is 1. The summed E-state index contributed by atoms with van der Waals surface area (Å²) in [7, 11) is 0. The molecule has 0 radical (unpaired) electrons. The lowest BCUT2D eigenvalue weighted by Gasteiger charge is -2.08. The average Bonchev–Trinajstić information content (AvgIpc) is 2.55. The first kappa shape index (κ1) is 23.4. The van der Waals surface area contributed by atoms with Gasteiger partial charge in [-0.25, -0.2) is 0 Å². The number of carbonyl (C=O) groups is 1. The predicted octanol–water partition coefficient (Wildman–Crippen LogP) is 3.56. The van der Waals surface area contributed by atoms with Crippen LogP contribution in [0.3, 0.4) is 0 Å². The minimum Gasteiger partial charge on any atom is -0.379 e. The van der Waals surface area contributed by atoms with Gasteiger partial charge in [-0.15, -0.1) is 0 Å². The van der Waals surface area contributed by atoms with Crippen LogP contribution >= 0.6 is 0 Å². The van der Waals surface area contributed by atoms with Gasteiger partial charge in [0.25, 0.3) is 0 Å². The summed E-state index contributed by atoms with van der Waals surface area (Å²) in [5.41, 5.74) is 0. The summed E-state index contributed by atoms with van der Waals surface area (Å²) in [6.07, 6.45) is 7.08. The first-order valence-electron chi connectivity index (χ1n) is 9.66. The van der Waals surface area contributed by atoms with Crippen LogP contribution < -0.4 is 5.32 Å². The Balaban J connectivity index is 3.12. The average molecular weight is 346 g/mol. The molecule has 0 aliphatic carbocycles. The molecule has 1 N–H and O–H groups in total. The van der Waals surface area contributed by atoms with E-state index in [4.69, 9.17) is 14.2 Å². The molecule has 5 nitrogen and oxygen atoms in total. The van der Waals surface area contributed by atoms with Gasteiger partial charge in [0.1, 0.15) is 0 Å². The van der Waals surface area contributed by atoms with E-state index in [1.54, 1.807) is 0 Å². The Labute approximate surface area is 148 Å². The first-order valence-corrected chi connectivity index (χ1v) is 9.66. The van der Waals surface area contributed by atoms with Gasteiger partial charge >= 0.3 is 0 Å².